The van der Waals surface area contributed by atoms with Crippen LogP contribution in [0.1, 0.15) is 5.56 Å². The zero-order valence-corrected chi connectivity index (χ0v) is 22.8. The van der Waals surface area contributed by atoms with E-state index in [4.69, 9.17) is 0 Å². The number of carbonyl (C=O) groups is 1. The summed E-state index contributed by atoms with van der Waals surface area (Å²) < 4.78 is 178. The van der Waals surface area contributed by atoms with Crippen molar-refractivity contribution in [1.29, 1.82) is 0 Å². The van der Waals surface area contributed by atoms with Crippen molar-refractivity contribution in [2.45, 2.75) is 40.6 Å². The molecule has 236 valence electrons. The number of alkyl halides is 9. The highest BCUT2D eigenvalue weighted by Crippen LogP contribution is 2.55. The summed E-state index contributed by atoms with van der Waals surface area (Å²) in [5.74, 6) is -17.3. The third-order valence-electron chi connectivity index (χ3n) is 5.81. The fraction of sp³-hybridized carbons (Fsp3) is 0.292. The van der Waals surface area contributed by atoms with Gasteiger partial charge in [0.1, 0.15) is 11.8 Å². The topological polar surface area (TPSA) is 116 Å². The second-order valence-corrected chi connectivity index (χ2v) is 12.1. The fourth-order valence-corrected chi connectivity index (χ4v) is 5.65. The molecule has 19 heteroatoms. The van der Waals surface area contributed by atoms with Gasteiger partial charge in [-0.15, -0.1) is 0 Å². The molecule has 8 nitrogen and oxygen atoms in total. The minimum absolute atomic E-state index is 0.0259. The van der Waals surface area contributed by atoms with Crippen molar-refractivity contribution in [2.75, 3.05) is 7.11 Å². The van der Waals surface area contributed by atoms with Crippen molar-refractivity contribution in [3.05, 3.63) is 72.3 Å². The summed E-state index contributed by atoms with van der Waals surface area (Å²) >= 11 is 0. The van der Waals surface area contributed by atoms with Gasteiger partial charge in [0, 0.05) is 0 Å². The molecule has 0 spiro atoms. The van der Waals surface area contributed by atoms with Crippen LogP contribution in [-0.4, -0.2) is 59.2 Å². The van der Waals surface area contributed by atoms with Crippen LogP contribution in [0.3, 0.4) is 0 Å². The maximum absolute atomic E-state index is 13.9. The maximum atomic E-state index is 13.9. The van der Waals surface area contributed by atoms with Crippen molar-refractivity contribution in [1.82, 2.24) is 4.72 Å². The Morgan fingerprint density at radius 3 is 1.88 bits per heavy atom. The van der Waals surface area contributed by atoms with E-state index in [9.17, 15) is 61.1 Å². The van der Waals surface area contributed by atoms with E-state index in [2.05, 4.69) is 13.6 Å². The van der Waals surface area contributed by atoms with Crippen LogP contribution in [0, 0.1) is 0 Å². The Balaban J connectivity index is 1.82. The number of methoxy groups -OCH3 is 1. The number of esters is 1. The lowest BCUT2D eigenvalue weighted by molar-refractivity contribution is -0.382. The van der Waals surface area contributed by atoms with Gasteiger partial charge in [-0.05, 0) is 47.0 Å². The summed E-state index contributed by atoms with van der Waals surface area (Å²) in [5, 5.41) is -5.80. The molecule has 1 N–H and O–H groups in total. The number of nitrogens with one attached hydrogen (secondary N) is 1. The van der Waals surface area contributed by atoms with Crippen molar-refractivity contribution in [2.24, 2.45) is 0 Å². The number of rotatable bonds is 11. The van der Waals surface area contributed by atoms with Gasteiger partial charge in [0.05, 0.1) is 12.0 Å². The monoisotopic (exact) mass is 667 g/mol. The number of carbonyl (C=O) groups excluding carboxylic acids is 1. The van der Waals surface area contributed by atoms with Gasteiger partial charge in [-0.1, -0.05) is 42.5 Å². The normalized spacial score (nSPS) is 14.4. The summed E-state index contributed by atoms with van der Waals surface area (Å²) in [4.78, 5) is 12.1. The van der Waals surface area contributed by atoms with Crippen molar-refractivity contribution >= 4 is 36.9 Å². The lowest BCUT2D eigenvalue weighted by atomic mass is 10.1. The second kappa shape index (κ2) is 11.5. The molecule has 0 aromatic heterocycles. The minimum atomic E-state index is -7.48. The first kappa shape index (κ1) is 33.9. The van der Waals surface area contributed by atoms with E-state index >= 15 is 0 Å². The summed E-state index contributed by atoms with van der Waals surface area (Å²) in [5.41, 5.74) is -0.0259. The first-order valence-electron chi connectivity index (χ1n) is 11.4. The van der Waals surface area contributed by atoms with Crippen LogP contribution in [0.4, 0.5) is 39.5 Å². The predicted octanol–water partition coefficient (Wildman–Crippen LogP) is 5.04. The average Bonchev–Trinajstić information content (AvgIpc) is 2.91. The molecule has 0 saturated carbocycles. The van der Waals surface area contributed by atoms with E-state index in [1.165, 1.54) is 18.2 Å². The van der Waals surface area contributed by atoms with Crippen LogP contribution in [0.15, 0.2) is 71.6 Å². The minimum Gasteiger partial charge on any atom is -0.468 e. The van der Waals surface area contributed by atoms with Crippen LogP contribution in [0.5, 0.6) is 5.75 Å². The Bertz CT molecular complexity index is 1710. The molecule has 0 radical (unpaired) electrons. The molecule has 0 fully saturated rings. The summed E-state index contributed by atoms with van der Waals surface area (Å²) in [6.45, 7) is 0. The van der Waals surface area contributed by atoms with Crippen molar-refractivity contribution in [3.8, 4) is 5.75 Å². The number of ether oxygens (including phenoxy) is 1. The molecule has 0 unspecified atom stereocenters. The SMILES string of the molecule is COC(=O)[C@H](Cc1ccc(OS(=O)(=O)C(F)(F)C(F)(F)C(F)(F)C(F)(F)F)cc1)NS(=O)(=O)c1ccc2ccccc2c1. The highest BCUT2D eigenvalue weighted by Gasteiger charge is 2.86. The Labute approximate surface area is 237 Å². The molecular weight excluding hydrogens is 649 g/mol. The molecule has 43 heavy (non-hydrogen) atoms. The van der Waals surface area contributed by atoms with Gasteiger partial charge in [0.15, 0.2) is 0 Å². The van der Waals surface area contributed by atoms with Crippen LogP contribution in [0.2, 0.25) is 0 Å². The van der Waals surface area contributed by atoms with E-state index in [0.29, 0.717) is 22.9 Å². The zero-order valence-electron chi connectivity index (χ0n) is 21.2. The van der Waals surface area contributed by atoms with E-state index in [-0.39, 0.29) is 10.5 Å². The molecule has 0 amide bonds. The average molecular weight is 668 g/mol. The standard InChI is InChI=1S/C24H18F9NO7S2/c1-40-20(35)19(34-42(36,37)18-11-8-15-4-2-3-5-16(15)13-18)12-14-6-9-17(10-7-14)41-43(38,39)24(32,33)22(27,28)21(25,26)23(29,30)31/h2-11,13,19,34H,12H2,1H3/t19-/m0/s1. The predicted molar refractivity (Wildman–Crippen MR) is 131 cm³/mol. The molecule has 0 heterocycles. The largest absolute Gasteiger partial charge is 0.468 e. The molecule has 3 aromatic rings. The van der Waals surface area contributed by atoms with E-state index in [1.54, 1.807) is 24.3 Å². The quantitative estimate of drug-likeness (QED) is 0.173. The van der Waals surface area contributed by atoms with Gasteiger partial charge in [-0.3, -0.25) is 4.79 Å². The molecule has 3 aromatic carbocycles. The third kappa shape index (κ3) is 6.52. The van der Waals surface area contributed by atoms with E-state index in [1.807, 2.05) is 0 Å². The van der Waals surface area contributed by atoms with Gasteiger partial charge in [-0.2, -0.15) is 52.7 Å². The summed E-state index contributed by atoms with van der Waals surface area (Å²) in [6.07, 6.45) is -7.76. The van der Waals surface area contributed by atoms with Crippen LogP contribution in [0.25, 0.3) is 10.8 Å². The second-order valence-electron chi connectivity index (χ2n) is 8.75. The van der Waals surface area contributed by atoms with Crippen LogP contribution in [-0.2, 0) is 36.1 Å². The summed E-state index contributed by atoms with van der Waals surface area (Å²) in [7, 11) is -10.6. The summed E-state index contributed by atoms with van der Waals surface area (Å²) in [6, 6.07) is 11.9. The lowest BCUT2D eigenvalue weighted by Crippen LogP contribution is -2.63. The molecular formula is C24H18F9NO7S2. The molecule has 1 atom stereocenters. The number of benzene rings is 3. The smallest absolute Gasteiger partial charge is 0.460 e. The van der Waals surface area contributed by atoms with Crippen molar-refractivity contribution in [3.63, 3.8) is 0 Å². The highest BCUT2D eigenvalue weighted by atomic mass is 32.2. The number of hydrogen-bond donors (Lipinski definition) is 1. The molecule has 3 rings (SSSR count). The molecule has 0 aliphatic heterocycles. The Kier molecular flexibility index (Phi) is 9.06. The fourth-order valence-electron chi connectivity index (χ4n) is 3.52. The Morgan fingerprint density at radius 1 is 0.791 bits per heavy atom. The van der Waals surface area contributed by atoms with Crippen LogP contribution < -0.4 is 8.91 Å². The number of sulfonamides is 1. The molecule has 0 aliphatic carbocycles. The van der Waals surface area contributed by atoms with Crippen LogP contribution >= 0.6 is 0 Å². The first-order chi connectivity index (χ1) is 19.6. The lowest BCUT2D eigenvalue weighted by Gasteiger charge is -2.32. The Morgan fingerprint density at radius 2 is 1.35 bits per heavy atom. The van der Waals surface area contributed by atoms with Crippen molar-refractivity contribution < 1.29 is 70.1 Å². The van der Waals surface area contributed by atoms with E-state index in [0.717, 1.165) is 19.2 Å². The van der Waals surface area contributed by atoms with Gasteiger partial charge < -0.3 is 8.92 Å². The number of fused-ring (bicyclic) bond motifs is 1. The highest BCUT2D eigenvalue weighted by molar-refractivity contribution is 7.89. The molecule has 0 aliphatic rings. The molecule has 0 saturated heterocycles. The van der Waals surface area contributed by atoms with Gasteiger partial charge in [0.2, 0.25) is 10.0 Å². The first-order valence-corrected chi connectivity index (χ1v) is 14.3. The number of hydrogen-bond acceptors (Lipinski definition) is 7. The van der Waals surface area contributed by atoms with Gasteiger partial charge in [-0.25, -0.2) is 8.42 Å². The van der Waals surface area contributed by atoms with Gasteiger partial charge >= 0.3 is 39.4 Å². The Hall–Kier alpha value is -3.58. The number of halogens is 9. The third-order valence-corrected chi connectivity index (χ3v) is 8.58. The maximum Gasteiger partial charge on any atom is 0.460 e. The zero-order chi connectivity index (χ0) is 32.6. The van der Waals surface area contributed by atoms with Gasteiger partial charge in [0.25, 0.3) is 0 Å². The van der Waals surface area contributed by atoms with E-state index < -0.39 is 67.6 Å². The molecule has 0 bridgehead atoms.